The summed E-state index contributed by atoms with van der Waals surface area (Å²) in [5.41, 5.74) is 1.10. The molecular weight excluding hydrogens is 433 g/mol. The maximum absolute atomic E-state index is 13.1. The van der Waals surface area contributed by atoms with Crippen LogP contribution in [0.1, 0.15) is 45.4 Å². The van der Waals surface area contributed by atoms with Gasteiger partial charge in [-0.25, -0.2) is 0 Å². The monoisotopic (exact) mass is 464 g/mol. The molecule has 4 atom stereocenters. The lowest BCUT2D eigenvalue weighted by Crippen LogP contribution is -2.49. The summed E-state index contributed by atoms with van der Waals surface area (Å²) in [5.74, 6) is 1.04. The number of carbonyl (C=O) groups excluding carboxylic acids is 1. The standard InChI is InChI=1S/C25H31F3N2O3/c1-24(13-32-14-24)23(31)30-22-11-29-21-7-6-18(9-19(21)22)33-12-15-2-3-16-4-5-17(8-15)20(16)10-25(26,27)28/h6-7,9,11,15-17,20,29H,2-5,8,10,12-14H2,1H3,(H,30,31)/t15-,16+,17+,20?/m1/s1. The number of benzene rings is 1. The Morgan fingerprint density at radius 3 is 2.70 bits per heavy atom. The van der Waals surface area contributed by atoms with Crippen LogP contribution in [0.25, 0.3) is 10.9 Å². The summed E-state index contributed by atoms with van der Waals surface area (Å²) in [7, 11) is 0. The second-order valence-electron chi connectivity index (χ2n) is 10.5. The quantitative estimate of drug-likeness (QED) is 0.558. The minimum absolute atomic E-state index is 0.0668. The zero-order valence-electron chi connectivity index (χ0n) is 18.8. The van der Waals surface area contributed by atoms with E-state index in [1.165, 1.54) is 0 Å². The number of alkyl halides is 3. The molecule has 180 valence electrons. The number of nitrogens with one attached hydrogen (secondary N) is 2. The summed E-state index contributed by atoms with van der Waals surface area (Å²) in [6.45, 7) is 3.23. The van der Waals surface area contributed by atoms with Gasteiger partial charge < -0.3 is 19.8 Å². The third-order valence-electron chi connectivity index (χ3n) is 7.94. The largest absolute Gasteiger partial charge is 0.493 e. The van der Waals surface area contributed by atoms with Crippen LogP contribution in [0.4, 0.5) is 18.9 Å². The first-order chi connectivity index (χ1) is 15.7. The van der Waals surface area contributed by atoms with Crippen LogP contribution < -0.4 is 10.1 Å². The molecule has 3 aliphatic rings. The molecule has 1 aliphatic heterocycles. The minimum Gasteiger partial charge on any atom is -0.493 e. The first-order valence-corrected chi connectivity index (χ1v) is 11.9. The van der Waals surface area contributed by atoms with E-state index in [9.17, 15) is 18.0 Å². The van der Waals surface area contributed by atoms with Crippen LogP contribution in [0.15, 0.2) is 24.4 Å². The Hall–Kier alpha value is -2.22. The summed E-state index contributed by atoms with van der Waals surface area (Å²) in [5, 5.41) is 3.86. The summed E-state index contributed by atoms with van der Waals surface area (Å²) in [4.78, 5) is 15.7. The molecule has 33 heavy (non-hydrogen) atoms. The van der Waals surface area contributed by atoms with Gasteiger partial charge in [0.1, 0.15) is 5.75 Å². The molecule has 5 nitrogen and oxygen atoms in total. The van der Waals surface area contributed by atoms with Gasteiger partial charge in [0, 0.05) is 23.5 Å². The Kier molecular flexibility index (Phi) is 5.83. The molecule has 2 bridgehead atoms. The Balaban J connectivity index is 1.22. The van der Waals surface area contributed by atoms with Gasteiger partial charge in [0.25, 0.3) is 0 Å². The fourth-order valence-corrected chi connectivity index (χ4v) is 5.96. The Morgan fingerprint density at radius 1 is 1.21 bits per heavy atom. The summed E-state index contributed by atoms with van der Waals surface area (Å²) in [6.07, 6.45) is 1.49. The fourth-order valence-electron chi connectivity index (χ4n) is 5.96. The van der Waals surface area contributed by atoms with Crippen molar-refractivity contribution in [3.05, 3.63) is 24.4 Å². The van der Waals surface area contributed by atoms with Gasteiger partial charge in [0.15, 0.2) is 0 Å². The van der Waals surface area contributed by atoms with Crippen LogP contribution in [0.3, 0.4) is 0 Å². The van der Waals surface area contributed by atoms with Crippen LogP contribution in [-0.4, -0.2) is 36.9 Å². The van der Waals surface area contributed by atoms with E-state index in [1.54, 1.807) is 6.20 Å². The number of aromatic amines is 1. The first-order valence-electron chi connectivity index (χ1n) is 11.9. The number of anilines is 1. The molecule has 5 rings (SSSR count). The van der Waals surface area contributed by atoms with E-state index in [-0.39, 0.29) is 29.6 Å². The number of hydrogen-bond donors (Lipinski definition) is 2. The number of amides is 1. The summed E-state index contributed by atoms with van der Waals surface area (Å²) in [6, 6.07) is 5.72. The Labute approximate surface area is 191 Å². The van der Waals surface area contributed by atoms with E-state index in [4.69, 9.17) is 9.47 Å². The number of hydrogen-bond acceptors (Lipinski definition) is 3. The zero-order chi connectivity index (χ0) is 23.2. The van der Waals surface area contributed by atoms with Crippen molar-refractivity contribution in [3.63, 3.8) is 0 Å². The Bertz CT molecular complexity index is 1010. The SMILES string of the molecule is CC1(C(=O)Nc2c[nH]c3ccc(OC[C@@H]4CC[C@H]5CC[C@@H](C4)C5CC(F)(F)F)cc23)COC1. The second kappa shape index (κ2) is 8.53. The maximum atomic E-state index is 13.1. The number of aromatic nitrogens is 1. The van der Waals surface area contributed by atoms with Crippen LogP contribution in [0, 0.1) is 29.1 Å². The van der Waals surface area contributed by atoms with Crippen molar-refractivity contribution in [2.75, 3.05) is 25.1 Å². The highest BCUT2D eigenvalue weighted by Gasteiger charge is 2.45. The van der Waals surface area contributed by atoms with Crippen molar-refractivity contribution in [3.8, 4) is 5.75 Å². The molecule has 1 aromatic carbocycles. The third kappa shape index (κ3) is 4.72. The average molecular weight is 465 g/mol. The van der Waals surface area contributed by atoms with E-state index < -0.39 is 18.0 Å². The minimum atomic E-state index is -4.08. The zero-order valence-corrected chi connectivity index (χ0v) is 18.8. The van der Waals surface area contributed by atoms with Gasteiger partial charge in [0.05, 0.1) is 30.9 Å². The molecular formula is C25H31F3N2O3. The van der Waals surface area contributed by atoms with Gasteiger partial charge >= 0.3 is 6.18 Å². The highest BCUT2D eigenvalue weighted by atomic mass is 19.4. The topological polar surface area (TPSA) is 63.4 Å². The van der Waals surface area contributed by atoms with Gasteiger partial charge in [-0.3, -0.25) is 4.79 Å². The fraction of sp³-hybridized carbons (Fsp3) is 0.640. The Morgan fingerprint density at radius 2 is 1.97 bits per heavy atom. The van der Waals surface area contributed by atoms with Crippen molar-refractivity contribution >= 4 is 22.5 Å². The molecule has 1 amide bonds. The summed E-state index contributed by atoms with van der Waals surface area (Å²) < 4.78 is 50.5. The third-order valence-corrected chi connectivity index (χ3v) is 7.94. The normalized spacial score (nSPS) is 28.8. The number of rotatable bonds is 6. The van der Waals surface area contributed by atoms with E-state index in [2.05, 4.69) is 10.3 Å². The van der Waals surface area contributed by atoms with Crippen molar-refractivity contribution in [1.82, 2.24) is 4.98 Å². The maximum Gasteiger partial charge on any atom is 0.389 e. The van der Waals surface area contributed by atoms with Gasteiger partial charge in [-0.15, -0.1) is 0 Å². The van der Waals surface area contributed by atoms with Crippen molar-refractivity contribution < 1.29 is 27.4 Å². The van der Waals surface area contributed by atoms with Gasteiger partial charge in [-0.2, -0.15) is 13.2 Å². The van der Waals surface area contributed by atoms with Gasteiger partial charge in [-0.1, -0.05) is 0 Å². The molecule has 2 saturated carbocycles. The average Bonchev–Trinajstić information content (AvgIpc) is 3.24. The highest BCUT2D eigenvalue weighted by Crippen LogP contribution is 2.50. The van der Waals surface area contributed by atoms with Gasteiger partial charge in [0.2, 0.25) is 5.91 Å². The first kappa shape index (κ1) is 22.6. The molecule has 1 aromatic heterocycles. The number of ether oxygens (including phenoxy) is 2. The van der Waals surface area contributed by atoms with E-state index in [0.717, 1.165) is 43.0 Å². The predicted octanol–water partition coefficient (Wildman–Crippen LogP) is 5.92. The van der Waals surface area contributed by atoms with Gasteiger partial charge in [-0.05, 0) is 80.9 Å². The van der Waals surface area contributed by atoms with Crippen LogP contribution in [-0.2, 0) is 9.53 Å². The van der Waals surface area contributed by atoms with Crippen LogP contribution >= 0.6 is 0 Å². The number of halogens is 3. The van der Waals surface area contributed by atoms with Crippen LogP contribution in [0.5, 0.6) is 5.75 Å². The lowest BCUT2D eigenvalue weighted by atomic mass is 9.85. The van der Waals surface area contributed by atoms with E-state index >= 15 is 0 Å². The predicted molar refractivity (Wildman–Crippen MR) is 119 cm³/mol. The molecule has 8 heteroatoms. The van der Waals surface area contributed by atoms with Crippen molar-refractivity contribution in [2.24, 2.45) is 29.1 Å². The second-order valence-corrected chi connectivity index (χ2v) is 10.5. The molecule has 3 fully saturated rings. The molecule has 1 saturated heterocycles. The highest BCUT2D eigenvalue weighted by molar-refractivity contribution is 6.04. The van der Waals surface area contributed by atoms with E-state index in [0.29, 0.717) is 31.3 Å². The van der Waals surface area contributed by atoms with Crippen molar-refractivity contribution in [2.45, 2.75) is 51.6 Å². The smallest absolute Gasteiger partial charge is 0.389 e. The molecule has 2 N–H and O–H groups in total. The van der Waals surface area contributed by atoms with E-state index in [1.807, 2.05) is 25.1 Å². The molecule has 0 spiro atoms. The molecule has 0 radical (unpaired) electrons. The molecule has 2 aliphatic carbocycles. The van der Waals surface area contributed by atoms with Crippen molar-refractivity contribution in [1.29, 1.82) is 0 Å². The lowest BCUT2D eigenvalue weighted by molar-refractivity contribution is -0.152. The van der Waals surface area contributed by atoms with Crippen LogP contribution in [0.2, 0.25) is 0 Å². The number of H-pyrrole nitrogens is 1. The number of fused-ring (bicyclic) bond motifs is 3. The number of carbonyl (C=O) groups is 1. The molecule has 1 unspecified atom stereocenters. The molecule has 2 aromatic rings. The summed E-state index contributed by atoms with van der Waals surface area (Å²) >= 11 is 0. The lowest BCUT2D eigenvalue weighted by Gasteiger charge is -2.36. The molecule has 2 heterocycles.